The third-order valence-corrected chi connectivity index (χ3v) is 6.26. The van der Waals surface area contributed by atoms with E-state index in [9.17, 15) is 13.2 Å². The van der Waals surface area contributed by atoms with Gasteiger partial charge in [0, 0.05) is 31.7 Å². The number of rotatable bonds is 6. The molecule has 1 aliphatic rings. The molecule has 1 amide bonds. The third-order valence-electron chi connectivity index (χ3n) is 4.38. The Bertz CT molecular complexity index is 871. The molecule has 0 aromatic heterocycles. The minimum atomic E-state index is -3.23. The summed E-state index contributed by atoms with van der Waals surface area (Å²) in [4.78, 5) is 32.6. The van der Waals surface area contributed by atoms with Crippen molar-refractivity contribution in [3.63, 3.8) is 0 Å². The van der Waals surface area contributed by atoms with E-state index in [1.54, 1.807) is 24.0 Å². The lowest BCUT2D eigenvalue weighted by molar-refractivity contribution is -0.159. The van der Waals surface area contributed by atoms with Gasteiger partial charge in [-0.15, -0.1) is 0 Å². The first kappa shape index (κ1) is 26.0. The van der Waals surface area contributed by atoms with Crippen molar-refractivity contribution in [2.24, 2.45) is 0 Å². The van der Waals surface area contributed by atoms with Crippen LogP contribution >= 0.6 is 0 Å². The molecular weight excluding hydrogens is 436 g/mol. The van der Waals surface area contributed by atoms with Gasteiger partial charge in [0.05, 0.1) is 27.1 Å². The van der Waals surface area contributed by atoms with Crippen LogP contribution in [0.2, 0.25) is 0 Å². The normalized spacial score (nSPS) is 14.1. The first-order chi connectivity index (χ1) is 14.5. The number of carboxylic acid groups (broad SMARTS) is 2. The Kier molecular flexibility index (Phi) is 9.52. The van der Waals surface area contributed by atoms with Crippen molar-refractivity contribution in [1.82, 2.24) is 9.21 Å². The monoisotopic (exact) mass is 462 g/mol. The Morgan fingerprint density at radius 2 is 1.35 bits per heavy atom. The van der Waals surface area contributed by atoms with Gasteiger partial charge < -0.3 is 29.3 Å². The number of sulfonamides is 1. The molecule has 0 unspecified atom stereocenters. The molecule has 0 aliphatic carbocycles. The number of hydrogen-bond donors (Lipinski definition) is 2. The number of hydrogen-bond acceptors (Lipinski definition) is 8. The van der Waals surface area contributed by atoms with E-state index in [1.807, 2.05) is 0 Å². The van der Waals surface area contributed by atoms with Gasteiger partial charge >= 0.3 is 11.9 Å². The number of carbonyl (C=O) groups excluding carboxylic acids is 1. The van der Waals surface area contributed by atoms with Crippen LogP contribution in [0.3, 0.4) is 0 Å². The smallest absolute Gasteiger partial charge is 0.414 e. The highest BCUT2D eigenvalue weighted by atomic mass is 32.2. The number of methoxy groups -OCH3 is 3. The Morgan fingerprint density at radius 1 is 0.903 bits per heavy atom. The maximum Gasteiger partial charge on any atom is 0.414 e. The van der Waals surface area contributed by atoms with Crippen LogP contribution < -0.4 is 14.2 Å². The fraction of sp³-hybridized carbons (Fsp3) is 0.500. The minimum Gasteiger partial charge on any atom is -0.493 e. The first-order valence-corrected chi connectivity index (χ1v) is 10.7. The molecule has 0 saturated carbocycles. The summed E-state index contributed by atoms with van der Waals surface area (Å²) >= 11 is 0. The Morgan fingerprint density at radius 3 is 1.68 bits per heavy atom. The van der Waals surface area contributed by atoms with Crippen molar-refractivity contribution in [1.29, 1.82) is 0 Å². The fourth-order valence-corrected chi connectivity index (χ4v) is 3.82. The highest BCUT2D eigenvalue weighted by Gasteiger charge is 2.29. The topological polar surface area (TPSA) is 160 Å². The predicted octanol–water partition coefficient (Wildman–Crippen LogP) is -0.0245. The summed E-state index contributed by atoms with van der Waals surface area (Å²) in [5.74, 6) is -2.57. The van der Waals surface area contributed by atoms with Gasteiger partial charge in [-0.25, -0.2) is 18.0 Å². The molecule has 1 fully saturated rings. The van der Waals surface area contributed by atoms with Gasteiger partial charge in [-0.2, -0.15) is 4.31 Å². The van der Waals surface area contributed by atoms with Crippen molar-refractivity contribution < 1.29 is 47.2 Å². The number of ether oxygens (including phenoxy) is 3. The zero-order valence-corrected chi connectivity index (χ0v) is 18.5. The van der Waals surface area contributed by atoms with Crippen molar-refractivity contribution >= 4 is 27.9 Å². The van der Waals surface area contributed by atoms with Gasteiger partial charge in [0.2, 0.25) is 15.8 Å². The molecule has 2 N–H and O–H groups in total. The summed E-state index contributed by atoms with van der Waals surface area (Å²) in [6, 6.07) is 3.19. The highest BCUT2D eigenvalue weighted by molar-refractivity contribution is 7.89. The molecule has 1 heterocycles. The van der Waals surface area contributed by atoms with Gasteiger partial charge in [-0.1, -0.05) is 0 Å². The maximum atomic E-state index is 12.8. The molecule has 0 bridgehead atoms. The summed E-state index contributed by atoms with van der Waals surface area (Å²) in [6.45, 7) is 2.89. The molecule has 174 valence electrons. The number of carboxylic acids is 2. The number of piperazine rings is 1. The average Bonchev–Trinajstić information content (AvgIpc) is 2.77. The summed E-state index contributed by atoms with van der Waals surface area (Å²) in [7, 11) is 1.24. The molecule has 1 aliphatic heterocycles. The van der Waals surface area contributed by atoms with Crippen LogP contribution in [0.25, 0.3) is 0 Å². The molecule has 31 heavy (non-hydrogen) atoms. The molecule has 12 nitrogen and oxygen atoms in total. The van der Waals surface area contributed by atoms with E-state index in [0.717, 1.165) is 0 Å². The summed E-state index contributed by atoms with van der Waals surface area (Å²) in [6.07, 6.45) is 0. The van der Waals surface area contributed by atoms with E-state index in [2.05, 4.69) is 0 Å². The first-order valence-electron chi connectivity index (χ1n) is 9.05. The van der Waals surface area contributed by atoms with Crippen molar-refractivity contribution in [2.75, 3.05) is 53.3 Å². The molecular formula is C18H26N2O10S. The second-order valence-electron chi connectivity index (χ2n) is 6.12. The van der Waals surface area contributed by atoms with Gasteiger partial charge in [0.25, 0.3) is 5.91 Å². The molecule has 13 heteroatoms. The second kappa shape index (κ2) is 11.4. The number of nitrogens with zero attached hydrogens (tertiary/aromatic N) is 2. The number of benzene rings is 1. The van der Waals surface area contributed by atoms with E-state index < -0.39 is 22.0 Å². The van der Waals surface area contributed by atoms with Crippen molar-refractivity contribution in [2.45, 2.75) is 6.92 Å². The SMILES string of the molecule is CCS(=O)(=O)N1CCN(C(=O)c2cc(OC)c(OC)c(OC)c2)CC1.O=C(O)C(=O)O. The quantitative estimate of drug-likeness (QED) is 0.550. The summed E-state index contributed by atoms with van der Waals surface area (Å²) in [5.41, 5.74) is 0.404. The second-order valence-corrected chi connectivity index (χ2v) is 8.37. The molecule has 0 atom stereocenters. The average molecular weight is 462 g/mol. The lowest BCUT2D eigenvalue weighted by atomic mass is 10.1. The van der Waals surface area contributed by atoms with Crippen LogP contribution in [0, 0.1) is 0 Å². The van der Waals surface area contributed by atoms with Gasteiger partial charge in [-0.05, 0) is 19.1 Å². The Labute approximate surface area is 180 Å². The molecule has 1 saturated heterocycles. The van der Waals surface area contributed by atoms with E-state index in [0.29, 0.717) is 49.0 Å². The van der Waals surface area contributed by atoms with Crippen LogP contribution in [0.4, 0.5) is 0 Å². The molecule has 1 aromatic carbocycles. The van der Waals surface area contributed by atoms with Gasteiger partial charge in [0.15, 0.2) is 11.5 Å². The standard InChI is InChI=1S/C16H24N2O6S.C2H2O4/c1-5-25(20,21)18-8-6-17(7-9-18)16(19)12-10-13(22-2)15(24-4)14(11-12)23-3;3-1(4)2(5)6/h10-11H,5-9H2,1-4H3;(H,3,4)(H,5,6). The van der Waals surface area contributed by atoms with E-state index in [-0.39, 0.29) is 11.7 Å². The summed E-state index contributed by atoms with van der Waals surface area (Å²) < 4.78 is 41.0. The maximum absolute atomic E-state index is 12.8. The Hall–Kier alpha value is -3.06. The van der Waals surface area contributed by atoms with E-state index in [4.69, 9.17) is 34.0 Å². The minimum absolute atomic E-state index is 0.0633. The van der Waals surface area contributed by atoms with Crippen molar-refractivity contribution in [3.05, 3.63) is 17.7 Å². The van der Waals surface area contributed by atoms with Crippen LogP contribution in [-0.4, -0.2) is 98.9 Å². The predicted molar refractivity (Wildman–Crippen MR) is 108 cm³/mol. The van der Waals surface area contributed by atoms with Gasteiger partial charge in [0.1, 0.15) is 0 Å². The highest BCUT2D eigenvalue weighted by Crippen LogP contribution is 2.38. The van der Waals surface area contributed by atoms with Crippen LogP contribution in [-0.2, 0) is 19.6 Å². The van der Waals surface area contributed by atoms with E-state index in [1.165, 1.54) is 25.6 Å². The lowest BCUT2D eigenvalue weighted by Crippen LogP contribution is -2.50. The number of carbonyl (C=O) groups is 3. The molecule has 2 rings (SSSR count). The van der Waals surface area contributed by atoms with E-state index >= 15 is 0 Å². The summed E-state index contributed by atoms with van der Waals surface area (Å²) in [5, 5.41) is 14.8. The molecule has 1 aromatic rings. The number of amides is 1. The van der Waals surface area contributed by atoms with Gasteiger partial charge in [-0.3, -0.25) is 4.79 Å². The fourth-order valence-electron chi connectivity index (χ4n) is 2.74. The van der Waals surface area contributed by atoms with Crippen LogP contribution in [0.5, 0.6) is 17.2 Å². The largest absolute Gasteiger partial charge is 0.493 e. The van der Waals surface area contributed by atoms with Crippen LogP contribution in [0.1, 0.15) is 17.3 Å². The lowest BCUT2D eigenvalue weighted by Gasteiger charge is -2.34. The van der Waals surface area contributed by atoms with Crippen molar-refractivity contribution in [3.8, 4) is 17.2 Å². The zero-order valence-electron chi connectivity index (χ0n) is 17.7. The third kappa shape index (κ3) is 6.72. The Balaban J connectivity index is 0.000000703. The molecule has 0 radical (unpaired) electrons. The zero-order chi connectivity index (χ0) is 23.8. The number of aliphatic carboxylic acids is 2. The molecule has 0 spiro atoms. The van der Waals surface area contributed by atoms with Crippen LogP contribution in [0.15, 0.2) is 12.1 Å².